The van der Waals surface area contributed by atoms with Gasteiger partial charge in [-0.3, -0.25) is 9.59 Å². The highest BCUT2D eigenvalue weighted by molar-refractivity contribution is 5.83. The van der Waals surface area contributed by atoms with Crippen LogP contribution in [-0.2, 0) is 4.79 Å². The van der Waals surface area contributed by atoms with Crippen molar-refractivity contribution in [3.63, 3.8) is 0 Å². The Kier molecular flexibility index (Phi) is 4.44. The number of anilines is 1. The van der Waals surface area contributed by atoms with Crippen LogP contribution >= 0.6 is 0 Å². The second-order valence-electron chi connectivity index (χ2n) is 6.59. The van der Waals surface area contributed by atoms with Crippen molar-refractivity contribution in [2.45, 2.75) is 31.7 Å². The minimum Gasteiger partial charge on any atom is -0.322 e. The number of rotatable bonds is 5. The van der Waals surface area contributed by atoms with Gasteiger partial charge in [0.1, 0.15) is 5.69 Å². The van der Waals surface area contributed by atoms with Gasteiger partial charge in [-0.2, -0.15) is 0 Å². The molecule has 1 aliphatic rings. The van der Waals surface area contributed by atoms with Crippen LogP contribution < -0.4 is 10.9 Å². The summed E-state index contributed by atoms with van der Waals surface area (Å²) in [7, 11) is 0. The number of hydrogen-bond acceptors (Lipinski definition) is 2. The van der Waals surface area contributed by atoms with Gasteiger partial charge in [-0.1, -0.05) is 61.4 Å². The van der Waals surface area contributed by atoms with E-state index in [-0.39, 0.29) is 11.6 Å². The predicted octanol–water partition coefficient (Wildman–Crippen LogP) is 3.99. The molecule has 0 atom stereocenters. The van der Waals surface area contributed by atoms with E-state index in [1.165, 1.54) is 0 Å². The molecule has 1 aliphatic carbocycles. The van der Waals surface area contributed by atoms with Crippen LogP contribution in [0.25, 0.3) is 16.9 Å². The molecule has 1 fully saturated rings. The van der Waals surface area contributed by atoms with E-state index in [0.29, 0.717) is 12.1 Å². The van der Waals surface area contributed by atoms with Gasteiger partial charge in [0.05, 0.1) is 17.4 Å². The zero-order valence-electron chi connectivity index (χ0n) is 14.5. The summed E-state index contributed by atoms with van der Waals surface area (Å²) in [5.41, 5.74) is 2.72. The van der Waals surface area contributed by atoms with Crippen molar-refractivity contribution in [3.05, 3.63) is 71.0 Å². The van der Waals surface area contributed by atoms with Crippen molar-refractivity contribution in [1.29, 1.82) is 0 Å². The molecule has 5 heteroatoms. The Morgan fingerprint density at radius 2 is 1.54 bits per heavy atom. The lowest BCUT2D eigenvalue weighted by Crippen LogP contribution is -2.26. The van der Waals surface area contributed by atoms with Crippen molar-refractivity contribution in [3.8, 4) is 16.9 Å². The molecule has 3 aromatic rings. The number of nitrogens with one attached hydrogen (secondary N) is 1. The Balaban J connectivity index is 2.06. The average Bonchev–Trinajstić information content (AvgIpc) is 3.30. The monoisotopic (exact) mass is 347 g/mol. The zero-order chi connectivity index (χ0) is 17.9. The summed E-state index contributed by atoms with van der Waals surface area (Å²) in [5, 5.41) is 2.66. The highest BCUT2D eigenvalue weighted by Gasteiger charge is 2.28. The molecular weight excluding hydrogens is 326 g/mol. The Morgan fingerprint density at radius 1 is 0.923 bits per heavy atom. The second-order valence-corrected chi connectivity index (χ2v) is 6.59. The maximum Gasteiger partial charge on any atom is 0.291 e. The van der Waals surface area contributed by atoms with Gasteiger partial charge in [-0.25, -0.2) is 9.36 Å². The van der Waals surface area contributed by atoms with Crippen LogP contribution in [0.15, 0.2) is 65.5 Å². The van der Waals surface area contributed by atoms with Crippen LogP contribution in [0, 0.1) is 0 Å². The normalized spacial score (nSPS) is 14.5. The van der Waals surface area contributed by atoms with Crippen LogP contribution in [0.5, 0.6) is 0 Å². The standard InChI is InChI=1S/C21H21N3O2/c25-15-22-19-20(16-9-3-1-4-10-16)23(17-11-5-2-6-12-17)24(21(19)26)18-13-7-8-14-18/h1-6,9-12,15,18H,7-8,13-14H2,(H,22,25). The van der Waals surface area contributed by atoms with Gasteiger partial charge in [0.25, 0.3) is 5.56 Å². The summed E-state index contributed by atoms with van der Waals surface area (Å²) < 4.78 is 3.80. The lowest BCUT2D eigenvalue weighted by Gasteiger charge is -2.19. The molecule has 0 saturated heterocycles. The molecule has 0 unspecified atom stereocenters. The van der Waals surface area contributed by atoms with Crippen molar-refractivity contribution in [2.24, 2.45) is 0 Å². The first-order chi connectivity index (χ1) is 12.8. The fraction of sp³-hybridized carbons (Fsp3) is 0.238. The first-order valence-corrected chi connectivity index (χ1v) is 9.00. The van der Waals surface area contributed by atoms with Crippen molar-refractivity contribution < 1.29 is 4.79 Å². The van der Waals surface area contributed by atoms with Gasteiger partial charge in [-0.15, -0.1) is 0 Å². The van der Waals surface area contributed by atoms with Crippen molar-refractivity contribution in [2.75, 3.05) is 5.32 Å². The number of para-hydroxylation sites is 1. The van der Waals surface area contributed by atoms with E-state index >= 15 is 0 Å². The third-order valence-corrected chi connectivity index (χ3v) is 5.01. The Morgan fingerprint density at radius 3 is 2.15 bits per heavy atom. The number of nitrogens with zero attached hydrogens (tertiary/aromatic N) is 2. The van der Waals surface area contributed by atoms with E-state index in [2.05, 4.69) is 5.32 Å². The predicted molar refractivity (Wildman–Crippen MR) is 103 cm³/mol. The summed E-state index contributed by atoms with van der Waals surface area (Å²) >= 11 is 0. The average molecular weight is 347 g/mol. The summed E-state index contributed by atoms with van der Waals surface area (Å²) in [6, 6.07) is 19.7. The molecule has 1 saturated carbocycles. The van der Waals surface area contributed by atoms with Crippen LogP contribution in [-0.4, -0.2) is 15.8 Å². The summed E-state index contributed by atoms with van der Waals surface area (Å²) in [4.78, 5) is 24.5. The number of carbonyl (C=O) groups is 1. The largest absolute Gasteiger partial charge is 0.322 e. The van der Waals surface area contributed by atoms with Gasteiger partial charge >= 0.3 is 0 Å². The molecule has 0 aliphatic heterocycles. The maximum atomic E-state index is 13.3. The van der Waals surface area contributed by atoms with E-state index in [1.54, 1.807) is 0 Å². The molecule has 0 radical (unpaired) electrons. The van der Waals surface area contributed by atoms with Gasteiger partial charge in [0.2, 0.25) is 6.41 Å². The van der Waals surface area contributed by atoms with Crippen LogP contribution in [0.2, 0.25) is 0 Å². The molecule has 26 heavy (non-hydrogen) atoms. The Labute approximate surface area is 151 Å². The Bertz CT molecular complexity index is 952. The van der Waals surface area contributed by atoms with Gasteiger partial charge < -0.3 is 5.32 Å². The molecule has 132 valence electrons. The first kappa shape index (κ1) is 16.4. The molecular formula is C21H21N3O2. The topological polar surface area (TPSA) is 56.0 Å². The minimum atomic E-state index is -0.147. The smallest absolute Gasteiger partial charge is 0.291 e. The number of carbonyl (C=O) groups excluding carboxylic acids is 1. The van der Waals surface area contributed by atoms with Crippen molar-refractivity contribution >= 4 is 12.1 Å². The highest BCUT2D eigenvalue weighted by atomic mass is 16.1. The number of hydrogen-bond donors (Lipinski definition) is 1. The highest BCUT2D eigenvalue weighted by Crippen LogP contribution is 2.35. The lowest BCUT2D eigenvalue weighted by atomic mass is 10.1. The van der Waals surface area contributed by atoms with Gasteiger partial charge in [0, 0.05) is 5.56 Å². The van der Waals surface area contributed by atoms with Crippen LogP contribution in [0.3, 0.4) is 0 Å². The minimum absolute atomic E-state index is 0.146. The molecule has 4 rings (SSSR count). The molecule has 0 spiro atoms. The first-order valence-electron chi connectivity index (χ1n) is 9.00. The van der Waals surface area contributed by atoms with Crippen LogP contribution in [0.4, 0.5) is 5.69 Å². The molecule has 1 aromatic heterocycles. The number of amides is 1. The number of benzene rings is 2. The molecule has 5 nitrogen and oxygen atoms in total. The second kappa shape index (κ2) is 7.04. The molecule has 0 bridgehead atoms. The SMILES string of the molecule is O=CNc1c(-c2ccccc2)n(-c2ccccc2)n(C2CCCC2)c1=O. The Hall–Kier alpha value is -3.08. The number of aromatic nitrogens is 2. The quantitative estimate of drug-likeness (QED) is 0.710. The summed E-state index contributed by atoms with van der Waals surface area (Å²) in [6.45, 7) is 0. The molecule has 1 N–H and O–H groups in total. The molecule has 2 aromatic carbocycles. The van der Waals surface area contributed by atoms with E-state index in [4.69, 9.17) is 0 Å². The van der Waals surface area contributed by atoms with Crippen LogP contribution in [0.1, 0.15) is 31.7 Å². The third kappa shape index (κ3) is 2.75. The fourth-order valence-corrected chi connectivity index (χ4v) is 3.87. The molecule has 1 amide bonds. The maximum absolute atomic E-state index is 13.3. The third-order valence-electron chi connectivity index (χ3n) is 5.01. The van der Waals surface area contributed by atoms with E-state index in [1.807, 2.05) is 70.0 Å². The summed E-state index contributed by atoms with van der Waals surface area (Å²) in [5.74, 6) is 0. The van der Waals surface area contributed by atoms with Gasteiger partial charge in [0.15, 0.2) is 0 Å². The zero-order valence-corrected chi connectivity index (χ0v) is 14.5. The van der Waals surface area contributed by atoms with Gasteiger partial charge in [-0.05, 0) is 25.0 Å². The fourth-order valence-electron chi connectivity index (χ4n) is 3.87. The lowest BCUT2D eigenvalue weighted by molar-refractivity contribution is -0.105. The van der Waals surface area contributed by atoms with Crippen molar-refractivity contribution in [1.82, 2.24) is 9.36 Å². The van der Waals surface area contributed by atoms with E-state index in [9.17, 15) is 9.59 Å². The van der Waals surface area contributed by atoms with E-state index in [0.717, 1.165) is 42.6 Å². The molecule has 1 heterocycles. The summed E-state index contributed by atoms with van der Waals surface area (Å²) in [6.07, 6.45) is 4.77. The van der Waals surface area contributed by atoms with E-state index < -0.39 is 0 Å².